The van der Waals surface area contributed by atoms with Crippen molar-refractivity contribution in [2.24, 2.45) is 34.5 Å². The lowest BCUT2D eigenvalue weighted by Crippen LogP contribution is -2.58. The number of rotatable bonds is 2. The molecule has 0 aromatic heterocycles. The Morgan fingerprint density at radius 2 is 1.69 bits per heavy atom. The third-order valence-electron chi connectivity index (χ3n) is 10.4. The fourth-order valence-electron chi connectivity index (χ4n) is 7.37. The first kappa shape index (κ1) is 21.7. The van der Waals surface area contributed by atoms with Crippen LogP contribution in [0, 0.1) is 34.5 Å². The van der Waals surface area contributed by atoms with Gasteiger partial charge >= 0.3 is 0 Å². The van der Waals surface area contributed by atoms with Gasteiger partial charge in [-0.15, -0.1) is 0 Å². The van der Waals surface area contributed by atoms with Crippen LogP contribution in [0.15, 0.2) is 0 Å². The summed E-state index contributed by atoms with van der Waals surface area (Å²) in [7, 11) is -1.78. The van der Waals surface area contributed by atoms with Crippen molar-refractivity contribution >= 4 is 19.9 Å². The number of fused-ring (bicyclic) bond motifs is 5. The Kier molecular flexibility index (Phi) is 5.06. The Morgan fingerprint density at radius 1 is 1.00 bits per heavy atom. The highest BCUT2D eigenvalue weighted by atomic mass is 28.4. The number of ketones is 2. The SMILES string of the molecule is CC(C)(C)[Si](C)(C)OC1CC[C@@]2(C)[C@@H](CC(=O)[C@@H]3[C@@H]2CC[C@]2(C)C(=O)CC[C@@H]32)C1. The summed E-state index contributed by atoms with van der Waals surface area (Å²) in [5.74, 6) is 2.27. The molecule has 0 heterocycles. The number of hydrogen-bond acceptors (Lipinski definition) is 3. The zero-order valence-electron chi connectivity index (χ0n) is 19.8. The minimum absolute atomic E-state index is 0.138. The summed E-state index contributed by atoms with van der Waals surface area (Å²) in [6.07, 6.45) is 8.11. The van der Waals surface area contributed by atoms with E-state index in [0.29, 0.717) is 41.8 Å². The van der Waals surface area contributed by atoms with Crippen molar-refractivity contribution in [2.75, 3.05) is 0 Å². The van der Waals surface area contributed by atoms with E-state index in [4.69, 9.17) is 4.43 Å². The van der Waals surface area contributed by atoms with Gasteiger partial charge in [-0.3, -0.25) is 9.59 Å². The molecule has 4 aliphatic carbocycles. The van der Waals surface area contributed by atoms with Gasteiger partial charge in [-0.2, -0.15) is 0 Å². The normalized spacial score (nSPS) is 45.6. The lowest BCUT2D eigenvalue weighted by Gasteiger charge is -2.59. The standard InChI is InChI=1S/C25H42O3Si/c1-23(2,3)29(6,7)28-17-10-12-24(4)16(14-17)15-20(26)22-18-8-9-21(27)25(18,5)13-11-19(22)24/h16-19,22H,8-15H2,1-7H3/t16-,17?,18+,19+,22+,24+,25+/m1/s1. The summed E-state index contributed by atoms with van der Waals surface area (Å²) in [5.41, 5.74) is 0.0293. The molecule has 29 heavy (non-hydrogen) atoms. The number of Topliss-reactive ketones (excluding diaryl/α,β-unsaturated/α-hetero) is 2. The molecule has 164 valence electrons. The summed E-state index contributed by atoms with van der Waals surface area (Å²) in [4.78, 5) is 26.0. The molecular weight excluding hydrogens is 376 g/mol. The van der Waals surface area contributed by atoms with Crippen LogP contribution in [-0.4, -0.2) is 26.0 Å². The molecule has 0 saturated heterocycles. The van der Waals surface area contributed by atoms with Crippen molar-refractivity contribution in [1.82, 2.24) is 0 Å². The quantitative estimate of drug-likeness (QED) is 0.504. The van der Waals surface area contributed by atoms with Crippen LogP contribution in [0.2, 0.25) is 18.1 Å². The maximum atomic E-state index is 13.4. The molecule has 0 aromatic rings. The van der Waals surface area contributed by atoms with Gasteiger partial charge in [0.2, 0.25) is 0 Å². The summed E-state index contributed by atoms with van der Waals surface area (Å²) < 4.78 is 6.79. The van der Waals surface area contributed by atoms with Crippen LogP contribution in [0.4, 0.5) is 0 Å². The monoisotopic (exact) mass is 418 g/mol. The number of hydrogen-bond donors (Lipinski definition) is 0. The maximum absolute atomic E-state index is 13.4. The Balaban J connectivity index is 1.54. The zero-order chi connectivity index (χ0) is 21.4. The van der Waals surface area contributed by atoms with E-state index in [1.807, 2.05) is 0 Å². The van der Waals surface area contributed by atoms with E-state index in [2.05, 4.69) is 47.7 Å². The van der Waals surface area contributed by atoms with Gasteiger partial charge in [0.05, 0.1) is 0 Å². The summed E-state index contributed by atoms with van der Waals surface area (Å²) in [5, 5.41) is 0.226. The predicted molar refractivity (Wildman–Crippen MR) is 119 cm³/mol. The molecule has 4 fully saturated rings. The Labute approximate surface area is 178 Å². The third kappa shape index (κ3) is 3.23. The highest BCUT2D eigenvalue weighted by Gasteiger charge is 2.63. The first-order valence-corrected chi connectivity index (χ1v) is 14.9. The Bertz CT molecular complexity index is 707. The van der Waals surface area contributed by atoms with Crippen molar-refractivity contribution in [1.29, 1.82) is 0 Å². The zero-order valence-corrected chi connectivity index (χ0v) is 20.8. The Morgan fingerprint density at radius 3 is 2.34 bits per heavy atom. The molecule has 4 heteroatoms. The van der Waals surface area contributed by atoms with Crippen LogP contribution >= 0.6 is 0 Å². The summed E-state index contributed by atoms with van der Waals surface area (Å²) in [6.45, 7) is 16.3. The van der Waals surface area contributed by atoms with Gasteiger partial charge in [-0.1, -0.05) is 34.6 Å². The van der Waals surface area contributed by atoms with E-state index in [-0.39, 0.29) is 21.8 Å². The van der Waals surface area contributed by atoms with Crippen LogP contribution in [0.1, 0.15) is 86.0 Å². The van der Waals surface area contributed by atoms with Crippen molar-refractivity contribution in [3.63, 3.8) is 0 Å². The number of carbonyl (C=O) groups excluding carboxylic acids is 2. The van der Waals surface area contributed by atoms with Gasteiger partial charge < -0.3 is 4.43 Å². The van der Waals surface area contributed by atoms with Crippen molar-refractivity contribution in [3.8, 4) is 0 Å². The van der Waals surface area contributed by atoms with Gasteiger partial charge in [-0.05, 0) is 79.8 Å². The summed E-state index contributed by atoms with van der Waals surface area (Å²) in [6, 6.07) is 0. The van der Waals surface area contributed by atoms with Gasteiger partial charge in [0.1, 0.15) is 11.6 Å². The average Bonchev–Trinajstić information content (AvgIpc) is 2.90. The minimum atomic E-state index is -1.78. The van der Waals surface area contributed by atoms with Crippen molar-refractivity contribution in [3.05, 3.63) is 0 Å². The van der Waals surface area contributed by atoms with E-state index < -0.39 is 8.32 Å². The van der Waals surface area contributed by atoms with Crippen LogP contribution in [0.3, 0.4) is 0 Å². The minimum Gasteiger partial charge on any atom is -0.414 e. The second-order valence-corrected chi connectivity index (χ2v) is 17.6. The molecule has 1 unspecified atom stereocenters. The van der Waals surface area contributed by atoms with Crippen LogP contribution < -0.4 is 0 Å². The molecule has 3 nitrogen and oxygen atoms in total. The van der Waals surface area contributed by atoms with E-state index >= 15 is 0 Å². The van der Waals surface area contributed by atoms with Crippen molar-refractivity contribution in [2.45, 2.75) is 110 Å². The van der Waals surface area contributed by atoms with E-state index in [1.165, 1.54) is 6.42 Å². The van der Waals surface area contributed by atoms with Crippen LogP contribution in [-0.2, 0) is 14.0 Å². The smallest absolute Gasteiger partial charge is 0.192 e. The average molecular weight is 419 g/mol. The van der Waals surface area contributed by atoms with Gasteiger partial charge in [0.15, 0.2) is 8.32 Å². The topological polar surface area (TPSA) is 43.4 Å². The lowest BCUT2D eigenvalue weighted by atomic mass is 9.45. The van der Waals surface area contributed by atoms with Gasteiger partial charge in [-0.25, -0.2) is 0 Å². The molecule has 0 spiro atoms. The van der Waals surface area contributed by atoms with Crippen LogP contribution in [0.25, 0.3) is 0 Å². The molecule has 7 atom stereocenters. The van der Waals surface area contributed by atoms with E-state index in [0.717, 1.165) is 38.5 Å². The van der Waals surface area contributed by atoms with Crippen molar-refractivity contribution < 1.29 is 14.0 Å². The second-order valence-electron chi connectivity index (χ2n) is 12.8. The number of carbonyl (C=O) groups is 2. The highest BCUT2D eigenvalue weighted by Crippen LogP contribution is 2.64. The molecule has 4 saturated carbocycles. The van der Waals surface area contributed by atoms with E-state index in [9.17, 15) is 9.59 Å². The largest absolute Gasteiger partial charge is 0.414 e. The molecular formula is C25H42O3Si. The maximum Gasteiger partial charge on any atom is 0.192 e. The fourth-order valence-corrected chi connectivity index (χ4v) is 8.77. The van der Waals surface area contributed by atoms with Gasteiger partial charge in [0.25, 0.3) is 0 Å². The molecule has 0 bridgehead atoms. The first-order chi connectivity index (χ1) is 13.3. The summed E-state index contributed by atoms with van der Waals surface area (Å²) >= 11 is 0. The van der Waals surface area contributed by atoms with Gasteiger partial charge in [0, 0.05) is 30.3 Å². The fraction of sp³-hybridized carbons (Fsp3) is 0.920. The first-order valence-electron chi connectivity index (χ1n) is 12.0. The van der Waals surface area contributed by atoms with E-state index in [1.54, 1.807) is 0 Å². The third-order valence-corrected chi connectivity index (χ3v) is 14.9. The molecule has 4 rings (SSSR count). The Hall–Kier alpha value is -0.483. The molecule has 4 aliphatic rings. The molecule has 0 aromatic carbocycles. The lowest BCUT2D eigenvalue weighted by molar-refractivity contribution is -0.159. The highest BCUT2D eigenvalue weighted by molar-refractivity contribution is 6.74. The van der Waals surface area contributed by atoms with Crippen LogP contribution in [0.5, 0.6) is 0 Å². The molecule has 0 N–H and O–H groups in total. The molecule has 0 radical (unpaired) electrons. The predicted octanol–water partition coefficient (Wildman–Crippen LogP) is 6.17. The second kappa shape index (κ2) is 6.76. The molecule has 0 aliphatic heterocycles. The molecule has 0 amide bonds.